The molecule has 1 aliphatic rings. The summed E-state index contributed by atoms with van der Waals surface area (Å²) in [6, 6.07) is -0.603. The lowest BCUT2D eigenvalue weighted by atomic mass is 9.93. The van der Waals surface area contributed by atoms with Gasteiger partial charge in [0.05, 0.1) is 12.6 Å². The van der Waals surface area contributed by atoms with Gasteiger partial charge in [-0.3, -0.25) is 9.69 Å². The molecule has 0 bridgehead atoms. The first kappa shape index (κ1) is 25.2. The maximum atomic E-state index is 13.0. The van der Waals surface area contributed by atoms with Gasteiger partial charge in [-0.25, -0.2) is 4.79 Å². The molecule has 0 spiro atoms. The smallest absolute Gasteiger partial charge is 0.328 e. The van der Waals surface area contributed by atoms with Gasteiger partial charge in [0.25, 0.3) is 0 Å². The van der Waals surface area contributed by atoms with Crippen molar-refractivity contribution in [3.8, 4) is 0 Å². The molecule has 1 fully saturated rings. The highest BCUT2D eigenvalue weighted by Crippen LogP contribution is 2.18. The Morgan fingerprint density at radius 1 is 1.32 bits per heavy atom. The third kappa shape index (κ3) is 7.54. The van der Waals surface area contributed by atoms with Crippen molar-refractivity contribution in [1.29, 1.82) is 0 Å². The number of carbonyl (C=O) groups is 2. The van der Waals surface area contributed by atoms with Crippen molar-refractivity contribution in [3.63, 3.8) is 0 Å². The first-order valence-electron chi connectivity index (χ1n) is 10.5. The standard InChI is InChI=1S/C20H40N4O3S/c1-6-13(3)17(22-10-15(21)12-28)11-24(5)18(14(4)7-2)19(25)23-16-8-9-27-20(16)26/h13-18,22,28H,6-12,21H2,1-5H3,(H,23,25)/t13-,14-,15+,16-,17+,18-/m0/s1. The van der Waals surface area contributed by atoms with E-state index in [1.165, 1.54) is 0 Å². The Morgan fingerprint density at radius 3 is 2.46 bits per heavy atom. The summed E-state index contributed by atoms with van der Waals surface area (Å²) in [5, 5.41) is 6.46. The number of cyclic esters (lactones) is 1. The molecule has 0 aromatic heterocycles. The maximum absolute atomic E-state index is 13.0. The summed E-state index contributed by atoms with van der Waals surface area (Å²) in [5.74, 6) is 0.806. The van der Waals surface area contributed by atoms with Gasteiger partial charge < -0.3 is 21.1 Å². The van der Waals surface area contributed by atoms with Crippen LogP contribution >= 0.6 is 12.6 Å². The van der Waals surface area contributed by atoms with Gasteiger partial charge in [0.2, 0.25) is 5.91 Å². The van der Waals surface area contributed by atoms with Crippen LogP contribution in [0.4, 0.5) is 0 Å². The topological polar surface area (TPSA) is 96.7 Å². The minimum Gasteiger partial charge on any atom is -0.464 e. The maximum Gasteiger partial charge on any atom is 0.328 e. The summed E-state index contributed by atoms with van der Waals surface area (Å²) < 4.78 is 4.97. The highest BCUT2D eigenvalue weighted by atomic mass is 32.1. The summed E-state index contributed by atoms with van der Waals surface area (Å²) in [5.41, 5.74) is 6.02. The predicted molar refractivity (Wildman–Crippen MR) is 116 cm³/mol. The minimum atomic E-state index is -0.524. The van der Waals surface area contributed by atoms with E-state index in [-0.39, 0.29) is 35.9 Å². The summed E-state index contributed by atoms with van der Waals surface area (Å²) in [6.45, 7) is 10.3. The molecule has 1 amide bonds. The first-order chi connectivity index (χ1) is 13.2. The monoisotopic (exact) mass is 416 g/mol. The molecule has 6 atom stereocenters. The molecule has 28 heavy (non-hydrogen) atoms. The van der Waals surface area contributed by atoms with Crippen molar-refractivity contribution in [3.05, 3.63) is 0 Å². The van der Waals surface area contributed by atoms with Crippen LogP contribution in [0, 0.1) is 11.8 Å². The zero-order valence-electron chi connectivity index (χ0n) is 18.1. The van der Waals surface area contributed by atoms with Gasteiger partial charge in [-0.1, -0.05) is 40.5 Å². The number of likely N-dealkylation sites (N-methyl/N-ethyl adjacent to an activating group) is 1. The molecule has 8 heteroatoms. The average molecular weight is 417 g/mol. The molecule has 1 saturated heterocycles. The number of ether oxygens (including phenoxy) is 1. The second-order valence-electron chi connectivity index (χ2n) is 8.13. The molecule has 0 saturated carbocycles. The van der Waals surface area contributed by atoms with Crippen LogP contribution < -0.4 is 16.4 Å². The molecular weight excluding hydrogens is 376 g/mol. The molecule has 0 unspecified atom stereocenters. The van der Waals surface area contributed by atoms with E-state index in [1.54, 1.807) is 0 Å². The molecule has 1 rings (SSSR count). The van der Waals surface area contributed by atoms with E-state index in [1.807, 2.05) is 7.05 Å². The van der Waals surface area contributed by atoms with Gasteiger partial charge in [-0.2, -0.15) is 12.6 Å². The number of nitrogens with two attached hydrogens (primary N) is 1. The van der Waals surface area contributed by atoms with Crippen LogP contribution in [0.2, 0.25) is 0 Å². The van der Waals surface area contributed by atoms with Gasteiger partial charge in [-0.05, 0) is 18.9 Å². The van der Waals surface area contributed by atoms with Crippen molar-refractivity contribution in [2.24, 2.45) is 17.6 Å². The highest BCUT2D eigenvalue weighted by molar-refractivity contribution is 7.80. The Balaban J connectivity index is 2.83. The lowest BCUT2D eigenvalue weighted by molar-refractivity contribution is -0.142. The lowest BCUT2D eigenvalue weighted by Gasteiger charge is -2.36. The summed E-state index contributed by atoms with van der Waals surface area (Å²) in [6.07, 6.45) is 2.46. The predicted octanol–water partition coefficient (Wildman–Crippen LogP) is 1.03. The van der Waals surface area contributed by atoms with Crippen LogP contribution in [0.3, 0.4) is 0 Å². The van der Waals surface area contributed by atoms with E-state index in [9.17, 15) is 9.59 Å². The van der Waals surface area contributed by atoms with Crippen LogP contribution in [-0.2, 0) is 14.3 Å². The van der Waals surface area contributed by atoms with E-state index in [2.05, 4.69) is 55.9 Å². The molecule has 0 aliphatic carbocycles. The molecular formula is C20H40N4O3S. The van der Waals surface area contributed by atoms with Crippen molar-refractivity contribution >= 4 is 24.5 Å². The van der Waals surface area contributed by atoms with Gasteiger partial charge >= 0.3 is 5.97 Å². The Kier molecular flexibility index (Phi) is 11.4. The van der Waals surface area contributed by atoms with Crippen molar-refractivity contribution in [1.82, 2.24) is 15.5 Å². The number of hydrogen-bond donors (Lipinski definition) is 4. The Morgan fingerprint density at radius 2 is 1.96 bits per heavy atom. The molecule has 0 aromatic rings. The Bertz CT molecular complexity index is 494. The van der Waals surface area contributed by atoms with Gasteiger partial charge in [-0.15, -0.1) is 0 Å². The van der Waals surface area contributed by atoms with Gasteiger partial charge in [0.1, 0.15) is 6.04 Å². The third-order valence-electron chi connectivity index (χ3n) is 5.87. The number of amides is 1. The number of rotatable bonds is 13. The normalized spacial score (nSPS) is 22.4. The van der Waals surface area contributed by atoms with Crippen molar-refractivity contribution in [2.45, 2.75) is 71.1 Å². The van der Waals surface area contributed by atoms with E-state index in [0.717, 1.165) is 19.4 Å². The summed E-state index contributed by atoms with van der Waals surface area (Å²) >= 11 is 4.26. The molecule has 0 radical (unpaired) electrons. The van der Waals surface area contributed by atoms with E-state index in [4.69, 9.17) is 10.5 Å². The number of nitrogens with zero attached hydrogens (tertiary/aromatic N) is 1. The fourth-order valence-corrected chi connectivity index (χ4v) is 3.65. The zero-order chi connectivity index (χ0) is 21.3. The minimum absolute atomic E-state index is 0.00207. The fourth-order valence-electron chi connectivity index (χ4n) is 3.52. The number of hydrogen-bond acceptors (Lipinski definition) is 7. The van der Waals surface area contributed by atoms with E-state index < -0.39 is 6.04 Å². The van der Waals surface area contributed by atoms with E-state index in [0.29, 0.717) is 31.2 Å². The summed E-state index contributed by atoms with van der Waals surface area (Å²) in [4.78, 5) is 26.9. The van der Waals surface area contributed by atoms with Crippen LogP contribution in [-0.4, -0.2) is 73.4 Å². The number of nitrogens with one attached hydrogen (secondary N) is 2. The van der Waals surface area contributed by atoms with Gasteiger partial charge in [0.15, 0.2) is 0 Å². The SMILES string of the molecule is CC[C@H](C)[C@@H](C(=O)N[C@H]1CCOC1=O)N(C)C[C@@H](NC[C@@H](N)CS)[C@@H](C)CC. The second-order valence-corrected chi connectivity index (χ2v) is 8.50. The van der Waals surface area contributed by atoms with Gasteiger partial charge in [0, 0.05) is 37.3 Å². The molecule has 0 aromatic carbocycles. The first-order valence-corrected chi connectivity index (χ1v) is 11.1. The summed E-state index contributed by atoms with van der Waals surface area (Å²) in [7, 11) is 1.99. The molecule has 1 aliphatic heterocycles. The van der Waals surface area contributed by atoms with Crippen LogP contribution in [0.15, 0.2) is 0 Å². The largest absolute Gasteiger partial charge is 0.464 e. The molecule has 4 N–H and O–H groups in total. The molecule has 7 nitrogen and oxygen atoms in total. The van der Waals surface area contributed by atoms with Crippen LogP contribution in [0.5, 0.6) is 0 Å². The van der Waals surface area contributed by atoms with Crippen molar-refractivity contribution in [2.75, 3.05) is 32.5 Å². The average Bonchev–Trinajstić information content (AvgIpc) is 3.08. The van der Waals surface area contributed by atoms with Crippen LogP contribution in [0.25, 0.3) is 0 Å². The quantitative estimate of drug-likeness (QED) is 0.264. The molecule has 164 valence electrons. The fraction of sp³-hybridized carbons (Fsp3) is 0.900. The van der Waals surface area contributed by atoms with Crippen molar-refractivity contribution < 1.29 is 14.3 Å². The zero-order valence-corrected chi connectivity index (χ0v) is 19.0. The third-order valence-corrected chi connectivity index (χ3v) is 6.34. The highest BCUT2D eigenvalue weighted by Gasteiger charge is 2.35. The lowest BCUT2D eigenvalue weighted by Crippen LogP contribution is -2.56. The number of thiol groups is 1. The Hall–Kier alpha value is -0.830. The van der Waals surface area contributed by atoms with E-state index >= 15 is 0 Å². The van der Waals surface area contributed by atoms with Crippen LogP contribution in [0.1, 0.15) is 47.0 Å². The number of esters is 1. The molecule has 1 heterocycles. The second kappa shape index (κ2) is 12.7. The Labute approximate surface area is 175 Å². The number of carbonyl (C=O) groups excluding carboxylic acids is 2.